The molecular weight excluding hydrogens is 334 g/mol. The van der Waals surface area contributed by atoms with Crippen molar-refractivity contribution in [1.82, 2.24) is 5.43 Å². The topological polar surface area (TPSA) is 74.0 Å². The van der Waals surface area contributed by atoms with Crippen LogP contribution in [0.15, 0.2) is 69.3 Å². The SMILES string of the molecule is O=C(N/N=C(\C=N/O)c1ccccc1)c1cccc(Br)c1. The van der Waals surface area contributed by atoms with Gasteiger partial charge in [0.15, 0.2) is 0 Å². The van der Waals surface area contributed by atoms with Crippen LogP contribution in [0.25, 0.3) is 0 Å². The molecule has 6 heteroatoms. The number of benzene rings is 2. The van der Waals surface area contributed by atoms with E-state index in [1.807, 2.05) is 24.3 Å². The van der Waals surface area contributed by atoms with Crippen LogP contribution in [0, 0.1) is 0 Å². The zero-order valence-corrected chi connectivity index (χ0v) is 12.5. The predicted octanol–water partition coefficient (Wildman–Crippen LogP) is 3.04. The van der Waals surface area contributed by atoms with Crippen molar-refractivity contribution in [1.29, 1.82) is 0 Å². The summed E-state index contributed by atoms with van der Waals surface area (Å²) in [7, 11) is 0. The van der Waals surface area contributed by atoms with E-state index >= 15 is 0 Å². The number of halogens is 1. The third-order valence-electron chi connectivity index (χ3n) is 2.61. The molecular formula is C15H12BrN3O2. The molecule has 0 atom stereocenters. The van der Waals surface area contributed by atoms with Crippen molar-refractivity contribution in [3.8, 4) is 0 Å². The van der Waals surface area contributed by atoms with Gasteiger partial charge in [-0.1, -0.05) is 57.5 Å². The molecule has 5 nitrogen and oxygen atoms in total. The number of hydrazone groups is 1. The molecule has 106 valence electrons. The summed E-state index contributed by atoms with van der Waals surface area (Å²) >= 11 is 3.30. The Labute approximate surface area is 130 Å². The fourth-order valence-electron chi connectivity index (χ4n) is 1.64. The summed E-state index contributed by atoms with van der Waals surface area (Å²) < 4.78 is 0.805. The van der Waals surface area contributed by atoms with Crippen LogP contribution in [-0.2, 0) is 0 Å². The molecule has 0 spiro atoms. The number of carbonyl (C=O) groups excluding carboxylic acids is 1. The van der Waals surface area contributed by atoms with Crippen LogP contribution in [0.4, 0.5) is 0 Å². The van der Waals surface area contributed by atoms with Crippen molar-refractivity contribution in [3.63, 3.8) is 0 Å². The lowest BCUT2D eigenvalue weighted by Crippen LogP contribution is -2.20. The molecule has 2 rings (SSSR count). The molecule has 0 unspecified atom stereocenters. The Morgan fingerprint density at radius 3 is 2.48 bits per heavy atom. The highest BCUT2D eigenvalue weighted by Crippen LogP contribution is 2.11. The Morgan fingerprint density at radius 2 is 1.81 bits per heavy atom. The van der Waals surface area contributed by atoms with Crippen molar-refractivity contribution in [2.24, 2.45) is 10.3 Å². The Hall–Kier alpha value is -2.47. The predicted molar refractivity (Wildman–Crippen MR) is 84.9 cm³/mol. The van der Waals surface area contributed by atoms with Gasteiger partial charge in [0.1, 0.15) is 5.71 Å². The molecule has 0 radical (unpaired) electrons. The average Bonchev–Trinajstić information content (AvgIpc) is 2.52. The number of rotatable bonds is 4. The molecule has 0 saturated carbocycles. The Kier molecular flexibility index (Phi) is 5.22. The first-order chi connectivity index (χ1) is 10.2. The third-order valence-corrected chi connectivity index (χ3v) is 3.11. The van der Waals surface area contributed by atoms with Crippen molar-refractivity contribution in [2.75, 3.05) is 0 Å². The molecule has 0 bridgehead atoms. The Bertz CT molecular complexity index is 684. The number of nitrogens with one attached hydrogen (secondary N) is 1. The van der Waals surface area contributed by atoms with Crippen molar-refractivity contribution in [3.05, 3.63) is 70.2 Å². The van der Waals surface area contributed by atoms with Crippen molar-refractivity contribution >= 4 is 33.8 Å². The molecule has 0 aliphatic rings. The lowest BCUT2D eigenvalue weighted by Gasteiger charge is -2.03. The summed E-state index contributed by atoms with van der Waals surface area (Å²) in [6.07, 6.45) is 1.16. The summed E-state index contributed by atoms with van der Waals surface area (Å²) in [5.74, 6) is -0.351. The van der Waals surface area contributed by atoms with E-state index in [0.29, 0.717) is 11.3 Å². The first-order valence-electron chi connectivity index (χ1n) is 6.07. The van der Waals surface area contributed by atoms with Crippen LogP contribution < -0.4 is 5.43 Å². The van der Waals surface area contributed by atoms with Gasteiger partial charge in [-0.25, -0.2) is 5.43 Å². The van der Waals surface area contributed by atoms with Gasteiger partial charge in [0.2, 0.25) is 0 Å². The summed E-state index contributed by atoms with van der Waals surface area (Å²) in [6.45, 7) is 0. The minimum atomic E-state index is -0.351. The van der Waals surface area contributed by atoms with Gasteiger partial charge in [-0.05, 0) is 18.2 Å². The number of oxime groups is 1. The highest BCUT2D eigenvalue weighted by molar-refractivity contribution is 9.10. The standard InChI is InChI=1S/C15H12BrN3O2/c16-13-8-4-7-12(9-13)15(20)19-18-14(10-17-21)11-5-2-1-3-6-11/h1-10,21H,(H,19,20)/b17-10-,18-14+. The van der Waals surface area contributed by atoms with Gasteiger partial charge in [-0.15, -0.1) is 0 Å². The van der Waals surface area contributed by atoms with Gasteiger partial charge in [0, 0.05) is 15.6 Å². The maximum atomic E-state index is 12.0. The summed E-state index contributed by atoms with van der Waals surface area (Å²) in [4.78, 5) is 12.0. The van der Waals surface area contributed by atoms with Gasteiger partial charge in [-0.2, -0.15) is 5.10 Å². The van der Waals surface area contributed by atoms with Gasteiger partial charge < -0.3 is 5.21 Å². The fourth-order valence-corrected chi connectivity index (χ4v) is 2.04. The lowest BCUT2D eigenvalue weighted by atomic mass is 10.1. The van der Waals surface area contributed by atoms with Crippen LogP contribution in [0.1, 0.15) is 15.9 Å². The second kappa shape index (κ2) is 7.35. The van der Waals surface area contributed by atoms with E-state index in [2.05, 4.69) is 31.6 Å². The zero-order valence-electron chi connectivity index (χ0n) is 10.9. The lowest BCUT2D eigenvalue weighted by molar-refractivity contribution is 0.0955. The first-order valence-corrected chi connectivity index (χ1v) is 6.86. The van der Waals surface area contributed by atoms with Gasteiger partial charge in [0.25, 0.3) is 5.91 Å². The molecule has 1 amide bonds. The van der Waals surface area contributed by atoms with E-state index in [4.69, 9.17) is 5.21 Å². The molecule has 21 heavy (non-hydrogen) atoms. The van der Waals surface area contributed by atoms with Crippen molar-refractivity contribution in [2.45, 2.75) is 0 Å². The fraction of sp³-hybridized carbons (Fsp3) is 0. The summed E-state index contributed by atoms with van der Waals surface area (Å²) in [5.41, 5.74) is 3.98. The molecule has 0 aliphatic carbocycles. The molecule has 0 aliphatic heterocycles. The monoisotopic (exact) mass is 345 g/mol. The quantitative estimate of drug-likeness (QED) is 0.507. The highest BCUT2D eigenvalue weighted by Gasteiger charge is 2.06. The molecule has 0 fully saturated rings. The highest BCUT2D eigenvalue weighted by atomic mass is 79.9. The largest absolute Gasteiger partial charge is 0.411 e. The molecule has 2 aromatic carbocycles. The number of carbonyl (C=O) groups is 1. The molecule has 2 aromatic rings. The van der Waals surface area contributed by atoms with Crippen LogP contribution in [-0.4, -0.2) is 23.0 Å². The smallest absolute Gasteiger partial charge is 0.271 e. The van der Waals surface area contributed by atoms with Crippen LogP contribution in [0.3, 0.4) is 0 Å². The molecule has 0 saturated heterocycles. The third kappa shape index (κ3) is 4.25. The number of amides is 1. The summed E-state index contributed by atoms with van der Waals surface area (Å²) in [5, 5.41) is 15.6. The average molecular weight is 346 g/mol. The van der Waals surface area contributed by atoms with E-state index in [1.165, 1.54) is 0 Å². The second-order valence-corrected chi connectivity index (χ2v) is 4.97. The van der Waals surface area contributed by atoms with Crippen LogP contribution in [0.5, 0.6) is 0 Å². The minimum absolute atomic E-state index is 0.349. The molecule has 0 aromatic heterocycles. The van der Waals surface area contributed by atoms with Gasteiger partial charge in [-0.3, -0.25) is 4.79 Å². The van der Waals surface area contributed by atoms with E-state index in [9.17, 15) is 4.79 Å². The number of hydrogen-bond donors (Lipinski definition) is 2. The van der Waals surface area contributed by atoms with E-state index in [-0.39, 0.29) is 5.91 Å². The van der Waals surface area contributed by atoms with E-state index in [0.717, 1.165) is 16.3 Å². The van der Waals surface area contributed by atoms with Crippen LogP contribution >= 0.6 is 15.9 Å². The van der Waals surface area contributed by atoms with E-state index < -0.39 is 0 Å². The molecule has 2 N–H and O–H groups in total. The maximum Gasteiger partial charge on any atom is 0.271 e. The maximum absolute atomic E-state index is 12.0. The zero-order chi connectivity index (χ0) is 15.1. The minimum Gasteiger partial charge on any atom is -0.411 e. The number of hydrogen-bond acceptors (Lipinski definition) is 4. The first kappa shape index (κ1) is 14.9. The van der Waals surface area contributed by atoms with Crippen LogP contribution in [0.2, 0.25) is 0 Å². The Morgan fingerprint density at radius 1 is 1.10 bits per heavy atom. The normalized spacial score (nSPS) is 11.6. The van der Waals surface area contributed by atoms with E-state index in [1.54, 1.807) is 30.3 Å². The van der Waals surface area contributed by atoms with Gasteiger partial charge in [0.05, 0.1) is 6.21 Å². The molecule has 0 heterocycles. The second-order valence-electron chi connectivity index (χ2n) is 4.06. The number of nitrogens with zero attached hydrogens (tertiary/aromatic N) is 2. The van der Waals surface area contributed by atoms with Crippen molar-refractivity contribution < 1.29 is 10.0 Å². The Balaban J connectivity index is 2.19. The summed E-state index contributed by atoms with van der Waals surface area (Å²) in [6, 6.07) is 16.1. The van der Waals surface area contributed by atoms with Gasteiger partial charge >= 0.3 is 0 Å².